The number of hydrogen-bond acceptors (Lipinski definition) is 7. The van der Waals surface area contributed by atoms with E-state index in [2.05, 4.69) is 10.1 Å². The van der Waals surface area contributed by atoms with Crippen LogP contribution in [0.4, 0.5) is 9.59 Å². The smallest absolute Gasteiger partial charge is 0.407 e. The summed E-state index contributed by atoms with van der Waals surface area (Å²) in [5.41, 5.74) is 4.83. The lowest BCUT2D eigenvalue weighted by Gasteiger charge is -2.39. The Labute approximate surface area is 135 Å². The van der Waals surface area contributed by atoms with Crippen LogP contribution in [0.3, 0.4) is 0 Å². The molecule has 0 radical (unpaired) electrons. The number of nitrogens with two attached hydrogens (primary N) is 1. The fraction of sp³-hybridized carbons (Fsp3) is 0.857. The number of rotatable bonds is 8. The van der Waals surface area contributed by atoms with Gasteiger partial charge in [0, 0.05) is 20.6 Å². The van der Waals surface area contributed by atoms with Gasteiger partial charge in [0.25, 0.3) is 0 Å². The molecule has 23 heavy (non-hydrogen) atoms. The van der Waals surface area contributed by atoms with E-state index < -0.39 is 12.2 Å². The number of ether oxygens (including phenoxy) is 5. The Kier molecular flexibility index (Phi) is 8.67. The van der Waals surface area contributed by atoms with Crippen LogP contribution in [0.5, 0.6) is 0 Å². The molecule has 1 fully saturated rings. The number of primary amides is 1. The summed E-state index contributed by atoms with van der Waals surface area (Å²) >= 11 is 0. The highest BCUT2D eigenvalue weighted by atomic mass is 16.7. The molecule has 0 aromatic carbocycles. The molecule has 1 aliphatic rings. The average Bonchev–Trinajstić information content (AvgIpc) is 2.52. The monoisotopic (exact) mass is 334 g/mol. The van der Waals surface area contributed by atoms with Gasteiger partial charge < -0.3 is 34.7 Å². The van der Waals surface area contributed by atoms with Crippen molar-refractivity contribution in [2.75, 3.05) is 27.4 Å². The van der Waals surface area contributed by atoms with Crippen LogP contribution in [0.1, 0.15) is 26.2 Å². The third-order valence-electron chi connectivity index (χ3n) is 3.56. The summed E-state index contributed by atoms with van der Waals surface area (Å²) in [6, 6.07) is -0.322. The van der Waals surface area contributed by atoms with Gasteiger partial charge in [-0.15, -0.1) is 0 Å². The van der Waals surface area contributed by atoms with Crippen molar-refractivity contribution in [3.05, 3.63) is 0 Å². The second kappa shape index (κ2) is 10.2. The van der Waals surface area contributed by atoms with Gasteiger partial charge in [0.1, 0.15) is 0 Å². The van der Waals surface area contributed by atoms with E-state index in [1.54, 1.807) is 14.2 Å². The molecule has 0 aliphatic carbocycles. The highest BCUT2D eigenvalue weighted by Crippen LogP contribution is 2.22. The number of methoxy groups -OCH3 is 2. The zero-order chi connectivity index (χ0) is 17.2. The fourth-order valence-electron chi connectivity index (χ4n) is 2.34. The highest BCUT2D eigenvalue weighted by Gasteiger charge is 2.38. The molecule has 0 aromatic rings. The standard InChI is InChI=1S/C14H26N2O7/c1-9-12(10(19-2)8-11(20-3)23-9)16-14(18)22-7-5-4-6-21-13(15)17/h9-12H,4-8H2,1-3H3,(H2,15,17)(H,16,18)/t9-,10-,11+,12+/m0/s1. The normalized spacial score (nSPS) is 27.3. The van der Waals surface area contributed by atoms with E-state index in [0.29, 0.717) is 19.3 Å². The molecule has 0 unspecified atom stereocenters. The molecule has 1 aliphatic heterocycles. The predicted molar refractivity (Wildman–Crippen MR) is 79.8 cm³/mol. The Morgan fingerprint density at radius 1 is 1.17 bits per heavy atom. The van der Waals surface area contributed by atoms with E-state index in [1.165, 1.54) is 0 Å². The molecule has 2 amide bonds. The summed E-state index contributed by atoms with van der Waals surface area (Å²) in [6.45, 7) is 2.26. The molecule has 1 saturated heterocycles. The summed E-state index contributed by atoms with van der Waals surface area (Å²) in [6.07, 6.45) is -0.544. The SMILES string of the molecule is CO[C@H]1C[C@H](OC)[C@H](NC(=O)OCCCCOC(N)=O)[C@H](C)O1. The molecule has 0 aromatic heterocycles. The Bertz CT molecular complexity index is 380. The van der Waals surface area contributed by atoms with Crippen LogP contribution in [0.2, 0.25) is 0 Å². The van der Waals surface area contributed by atoms with Crippen LogP contribution in [-0.2, 0) is 23.7 Å². The molecule has 4 atom stereocenters. The van der Waals surface area contributed by atoms with Crippen LogP contribution in [0.25, 0.3) is 0 Å². The van der Waals surface area contributed by atoms with Gasteiger partial charge in [0.2, 0.25) is 0 Å². The van der Waals surface area contributed by atoms with Crippen molar-refractivity contribution >= 4 is 12.2 Å². The molecule has 0 spiro atoms. The Morgan fingerprint density at radius 2 is 1.83 bits per heavy atom. The van der Waals surface area contributed by atoms with Crippen molar-refractivity contribution in [1.29, 1.82) is 0 Å². The van der Waals surface area contributed by atoms with Crippen molar-refractivity contribution in [3.8, 4) is 0 Å². The van der Waals surface area contributed by atoms with Gasteiger partial charge in [-0.2, -0.15) is 0 Å². The van der Waals surface area contributed by atoms with Gasteiger partial charge >= 0.3 is 12.2 Å². The van der Waals surface area contributed by atoms with Gasteiger partial charge in [0.05, 0.1) is 31.5 Å². The molecular weight excluding hydrogens is 308 g/mol. The van der Waals surface area contributed by atoms with Crippen LogP contribution in [-0.4, -0.2) is 64.2 Å². The molecule has 0 bridgehead atoms. The molecule has 3 N–H and O–H groups in total. The van der Waals surface area contributed by atoms with E-state index >= 15 is 0 Å². The molecule has 134 valence electrons. The minimum absolute atomic E-state index is 0.206. The number of unbranched alkanes of at least 4 members (excludes halogenated alkanes) is 1. The third kappa shape index (κ3) is 7.02. The maximum atomic E-state index is 11.8. The molecule has 1 heterocycles. The lowest BCUT2D eigenvalue weighted by atomic mass is 9.99. The molecule has 9 heteroatoms. The summed E-state index contributed by atoms with van der Waals surface area (Å²) in [5.74, 6) is 0. The zero-order valence-corrected chi connectivity index (χ0v) is 13.8. The van der Waals surface area contributed by atoms with Crippen LogP contribution < -0.4 is 11.1 Å². The zero-order valence-electron chi connectivity index (χ0n) is 13.8. The molecular formula is C14H26N2O7. The molecule has 9 nitrogen and oxygen atoms in total. The van der Waals surface area contributed by atoms with Gasteiger partial charge in [-0.1, -0.05) is 0 Å². The van der Waals surface area contributed by atoms with E-state index in [0.717, 1.165) is 0 Å². The van der Waals surface area contributed by atoms with Crippen molar-refractivity contribution in [2.24, 2.45) is 5.73 Å². The Morgan fingerprint density at radius 3 is 2.39 bits per heavy atom. The quantitative estimate of drug-likeness (QED) is 0.629. The number of nitrogens with one attached hydrogen (secondary N) is 1. The Balaban J connectivity index is 2.28. The van der Waals surface area contributed by atoms with Gasteiger partial charge in [-0.3, -0.25) is 0 Å². The number of hydrogen-bond donors (Lipinski definition) is 2. The van der Waals surface area contributed by atoms with E-state index in [4.69, 9.17) is 24.7 Å². The van der Waals surface area contributed by atoms with Crippen molar-refractivity contribution in [3.63, 3.8) is 0 Å². The summed E-state index contributed by atoms with van der Waals surface area (Å²) in [7, 11) is 3.14. The summed E-state index contributed by atoms with van der Waals surface area (Å²) in [5, 5.41) is 2.75. The highest BCUT2D eigenvalue weighted by molar-refractivity contribution is 5.67. The van der Waals surface area contributed by atoms with Crippen molar-refractivity contribution in [2.45, 2.75) is 50.7 Å². The van der Waals surface area contributed by atoms with Crippen LogP contribution in [0, 0.1) is 0 Å². The topological polar surface area (TPSA) is 118 Å². The molecule has 1 rings (SSSR count). The van der Waals surface area contributed by atoms with Gasteiger partial charge in [-0.25, -0.2) is 9.59 Å². The lowest BCUT2D eigenvalue weighted by molar-refractivity contribution is -0.213. The second-order valence-electron chi connectivity index (χ2n) is 5.20. The fourth-order valence-corrected chi connectivity index (χ4v) is 2.34. The first-order valence-electron chi connectivity index (χ1n) is 7.54. The first-order chi connectivity index (χ1) is 11.0. The first-order valence-corrected chi connectivity index (χ1v) is 7.54. The number of carbonyl (C=O) groups excluding carboxylic acids is 2. The van der Waals surface area contributed by atoms with Crippen LogP contribution >= 0.6 is 0 Å². The van der Waals surface area contributed by atoms with Gasteiger partial charge in [-0.05, 0) is 19.8 Å². The average molecular weight is 334 g/mol. The largest absolute Gasteiger partial charge is 0.450 e. The van der Waals surface area contributed by atoms with E-state index in [-0.39, 0.29) is 37.8 Å². The number of carbonyl (C=O) groups is 2. The lowest BCUT2D eigenvalue weighted by Crippen LogP contribution is -2.57. The van der Waals surface area contributed by atoms with Crippen molar-refractivity contribution < 1.29 is 33.3 Å². The minimum Gasteiger partial charge on any atom is -0.450 e. The van der Waals surface area contributed by atoms with Crippen LogP contribution in [0.15, 0.2) is 0 Å². The summed E-state index contributed by atoms with van der Waals surface area (Å²) < 4.78 is 25.9. The number of alkyl carbamates (subject to hydrolysis) is 1. The Hall–Kier alpha value is -1.58. The van der Waals surface area contributed by atoms with Gasteiger partial charge in [0.15, 0.2) is 6.29 Å². The third-order valence-corrected chi connectivity index (χ3v) is 3.56. The first kappa shape index (κ1) is 19.5. The summed E-state index contributed by atoms with van der Waals surface area (Å²) in [4.78, 5) is 22.2. The maximum absolute atomic E-state index is 11.8. The predicted octanol–water partition coefficient (Wildman–Crippen LogP) is 0.753. The van der Waals surface area contributed by atoms with E-state index in [1.807, 2.05) is 6.92 Å². The molecule has 0 saturated carbocycles. The van der Waals surface area contributed by atoms with Crippen molar-refractivity contribution in [1.82, 2.24) is 5.32 Å². The minimum atomic E-state index is -0.810. The van der Waals surface area contributed by atoms with E-state index in [9.17, 15) is 9.59 Å². The maximum Gasteiger partial charge on any atom is 0.407 e. The second-order valence-corrected chi connectivity index (χ2v) is 5.20. The number of amides is 2.